The molecule has 0 spiro atoms. The summed E-state index contributed by atoms with van der Waals surface area (Å²) in [6.45, 7) is -0.0962. The van der Waals surface area contributed by atoms with Crippen molar-refractivity contribution >= 4 is 29.1 Å². The van der Waals surface area contributed by atoms with E-state index in [0.717, 1.165) is 5.56 Å². The summed E-state index contributed by atoms with van der Waals surface area (Å²) in [7, 11) is 1.26. The van der Waals surface area contributed by atoms with E-state index in [-0.39, 0.29) is 29.3 Å². The van der Waals surface area contributed by atoms with Gasteiger partial charge >= 0.3 is 5.97 Å². The summed E-state index contributed by atoms with van der Waals surface area (Å²) in [5.74, 6) is -0.422. The average Bonchev–Trinajstić information content (AvgIpc) is 2.61. The molecule has 1 aromatic carbocycles. The van der Waals surface area contributed by atoms with E-state index in [1.807, 2.05) is 30.3 Å². The van der Waals surface area contributed by atoms with Crippen molar-refractivity contribution < 1.29 is 14.6 Å². The van der Waals surface area contributed by atoms with Gasteiger partial charge in [-0.25, -0.2) is 14.8 Å². The van der Waals surface area contributed by atoms with Crippen LogP contribution in [0.25, 0.3) is 0 Å². The second-order valence-electron chi connectivity index (χ2n) is 4.91. The smallest absolute Gasteiger partial charge is 0.360 e. The Morgan fingerprint density at radius 2 is 2.00 bits per heavy atom. The number of aromatic nitrogens is 2. The number of rotatable bonds is 6. The van der Waals surface area contributed by atoms with Gasteiger partial charge in [-0.15, -0.1) is 0 Å². The molecular weight excluding hydrogens is 328 g/mol. The van der Waals surface area contributed by atoms with Crippen LogP contribution in [0.5, 0.6) is 0 Å². The predicted molar refractivity (Wildman–Crippen MR) is 93.7 cm³/mol. The lowest BCUT2D eigenvalue weighted by Crippen LogP contribution is -2.41. The van der Waals surface area contributed by atoms with Crippen molar-refractivity contribution in [3.05, 3.63) is 54.0 Å². The van der Waals surface area contributed by atoms with Crippen LogP contribution >= 0.6 is 12.2 Å². The van der Waals surface area contributed by atoms with Crippen LogP contribution in [0, 0.1) is 0 Å². The van der Waals surface area contributed by atoms with Gasteiger partial charge in [0.25, 0.3) is 0 Å². The van der Waals surface area contributed by atoms with E-state index in [0.29, 0.717) is 6.42 Å². The van der Waals surface area contributed by atoms with Gasteiger partial charge < -0.3 is 20.5 Å². The van der Waals surface area contributed by atoms with Gasteiger partial charge in [0.1, 0.15) is 0 Å². The van der Waals surface area contributed by atoms with Crippen LogP contribution in [-0.4, -0.2) is 45.9 Å². The zero-order valence-corrected chi connectivity index (χ0v) is 13.9. The van der Waals surface area contributed by atoms with Crippen LogP contribution in [0.4, 0.5) is 5.82 Å². The molecule has 24 heavy (non-hydrogen) atoms. The third-order valence-corrected chi connectivity index (χ3v) is 3.41. The number of carbonyl (C=O) groups is 1. The maximum atomic E-state index is 11.7. The molecule has 0 amide bonds. The Morgan fingerprint density at radius 3 is 2.67 bits per heavy atom. The molecule has 8 heteroatoms. The monoisotopic (exact) mass is 346 g/mol. The van der Waals surface area contributed by atoms with Gasteiger partial charge in [0.15, 0.2) is 16.6 Å². The Labute approximate surface area is 145 Å². The third kappa shape index (κ3) is 4.97. The average molecular weight is 346 g/mol. The molecule has 2 aromatic rings. The van der Waals surface area contributed by atoms with Crippen LogP contribution < -0.4 is 10.6 Å². The van der Waals surface area contributed by atoms with E-state index in [4.69, 9.17) is 12.2 Å². The zero-order valence-electron chi connectivity index (χ0n) is 13.1. The quantitative estimate of drug-likeness (QED) is 0.530. The summed E-state index contributed by atoms with van der Waals surface area (Å²) in [5.41, 5.74) is 1.11. The summed E-state index contributed by atoms with van der Waals surface area (Å²) < 4.78 is 4.65. The van der Waals surface area contributed by atoms with Gasteiger partial charge in [0.2, 0.25) is 0 Å². The van der Waals surface area contributed by atoms with Gasteiger partial charge in [-0.05, 0) is 24.2 Å². The Balaban J connectivity index is 2.01. The lowest BCUT2D eigenvalue weighted by Gasteiger charge is -2.19. The van der Waals surface area contributed by atoms with Crippen molar-refractivity contribution in [2.75, 3.05) is 19.0 Å². The highest BCUT2D eigenvalue weighted by molar-refractivity contribution is 7.80. The lowest BCUT2D eigenvalue weighted by molar-refractivity contribution is 0.0595. The molecule has 0 bridgehead atoms. The molecule has 0 saturated carbocycles. The molecule has 7 nitrogen and oxygen atoms in total. The number of aliphatic hydroxyl groups is 1. The van der Waals surface area contributed by atoms with Crippen molar-refractivity contribution in [2.45, 2.75) is 12.5 Å². The molecule has 0 aliphatic rings. The van der Waals surface area contributed by atoms with Gasteiger partial charge in [-0.1, -0.05) is 30.3 Å². The Kier molecular flexibility index (Phi) is 6.59. The fraction of sp³-hybridized carbons (Fsp3) is 0.250. The number of ether oxygens (including phenoxy) is 1. The van der Waals surface area contributed by atoms with Gasteiger partial charge in [0, 0.05) is 12.4 Å². The number of benzene rings is 1. The number of hydrogen-bond donors (Lipinski definition) is 3. The minimum atomic E-state index is -0.614. The Bertz CT molecular complexity index is 697. The number of carbonyl (C=O) groups excluding carboxylic acids is 1. The number of anilines is 1. The van der Waals surface area contributed by atoms with Crippen LogP contribution in [0.1, 0.15) is 16.1 Å². The van der Waals surface area contributed by atoms with E-state index in [2.05, 4.69) is 25.3 Å². The SMILES string of the molecule is COC(=O)c1nccnc1NC(=S)NC(CO)Cc1ccccc1. The normalized spacial score (nSPS) is 11.4. The number of esters is 1. The predicted octanol–water partition coefficient (Wildman–Crippen LogP) is 1.15. The van der Waals surface area contributed by atoms with Crippen molar-refractivity contribution in [3.63, 3.8) is 0 Å². The van der Waals surface area contributed by atoms with E-state index in [9.17, 15) is 9.90 Å². The molecule has 1 atom stereocenters. The van der Waals surface area contributed by atoms with Crippen LogP contribution in [0.15, 0.2) is 42.7 Å². The number of nitrogens with one attached hydrogen (secondary N) is 2. The van der Waals surface area contributed by atoms with Crippen molar-refractivity contribution in [1.29, 1.82) is 0 Å². The second-order valence-corrected chi connectivity index (χ2v) is 5.32. The minimum Gasteiger partial charge on any atom is -0.464 e. The summed E-state index contributed by atoms with van der Waals surface area (Å²) in [5, 5.41) is 15.6. The van der Waals surface area contributed by atoms with E-state index < -0.39 is 5.97 Å². The number of methoxy groups -OCH3 is 1. The molecule has 2 rings (SSSR count). The molecule has 0 radical (unpaired) electrons. The molecule has 126 valence electrons. The molecule has 0 aliphatic carbocycles. The van der Waals surface area contributed by atoms with E-state index >= 15 is 0 Å². The minimum absolute atomic E-state index is 0.0350. The highest BCUT2D eigenvalue weighted by atomic mass is 32.1. The molecule has 0 aliphatic heterocycles. The van der Waals surface area contributed by atoms with E-state index in [1.165, 1.54) is 19.5 Å². The fourth-order valence-electron chi connectivity index (χ4n) is 2.06. The summed E-state index contributed by atoms with van der Waals surface area (Å²) >= 11 is 5.22. The molecule has 1 aromatic heterocycles. The third-order valence-electron chi connectivity index (χ3n) is 3.19. The molecule has 3 N–H and O–H groups in total. The lowest BCUT2D eigenvalue weighted by atomic mass is 10.1. The van der Waals surface area contributed by atoms with Crippen LogP contribution in [-0.2, 0) is 11.2 Å². The fourth-order valence-corrected chi connectivity index (χ4v) is 2.33. The first-order valence-electron chi connectivity index (χ1n) is 7.25. The highest BCUT2D eigenvalue weighted by Crippen LogP contribution is 2.10. The first-order chi connectivity index (χ1) is 11.6. The summed E-state index contributed by atoms with van der Waals surface area (Å²) in [6, 6.07) is 9.47. The molecule has 0 saturated heterocycles. The van der Waals surface area contributed by atoms with E-state index in [1.54, 1.807) is 0 Å². The first-order valence-corrected chi connectivity index (χ1v) is 7.66. The standard InChI is InChI=1S/C16H18N4O3S/c1-23-15(22)13-14(18-8-7-17-13)20-16(24)19-12(10-21)9-11-5-3-2-4-6-11/h2-8,12,21H,9-10H2,1H3,(H2,18,19,20,24). The molecule has 1 unspecified atom stereocenters. The van der Waals surface area contributed by atoms with Crippen LogP contribution in [0.3, 0.4) is 0 Å². The summed E-state index contributed by atoms with van der Waals surface area (Å²) in [4.78, 5) is 19.6. The first kappa shape index (κ1) is 17.8. The zero-order chi connectivity index (χ0) is 17.4. The van der Waals surface area contributed by atoms with Crippen molar-refractivity contribution in [2.24, 2.45) is 0 Å². The Morgan fingerprint density at radius 1 is 1.29 bits per heavy atom. The Hall–Kier alpha value is -2.58. The van der Waals surface area contributed by atoms with Crippen molar-refractivity contribution in [1.82, 2.24) is 15.3 Å². The van der Waals surface area contributed by atoms with Gasteiger partial charge in [-0.3, -0.25) is 0 Å². The maximum Gasteiger partial charge on any atom is 0.360 e. The molecule has 1 heterocycles. The highest BCUT2D eigenvalue weighted by Gasteiger charge is 2.16. The maximum absolute atomic E-state index is 11.7. The number of hydrogen-bond acceptors (Lipinski definition) is 6. The number of nitrogens with zero attached hydrogens (tertiary/aromatic N) is 2. The van der Waals surface area contributed by atoms with Gasteiger partial charge in [0.05, 0.1) is 19.8 Å². The number of aliphatic hydroxyl groups excluding tert-OH is 1. The number of thiocarbonyl (C=S) groups is 1. The molecular formula is C16H18N4O3S. The largest absolute Gasteiger partial charge is 0.464 e. The summed E-state index contributed by atoms with van der Waals surface area (Å²) in [6.07, 6.45) is 3.42. The second kappa shape index (κ2) is 8.90. The van der Waals surface area contributed by atoms with Crippen LogP contribution in [0.2, 0.25) is 0 Å². The van der Waals surface area contributed by atoms with Crippen molar-refractivity contribution in [3.8, 4) is 0 Å². The topological polar surface area (TPSA) is 96.4 Å². The molecule has 0 fully saturated rings. The van der Waals surface area contributed by atoms with Gasteiger partial charge in [-0.2, -0.15) is 0 Å².